The van der Waals surface area contributed by atoms with Gasteiger partial charge in [-0.25, -0.2) is 0 Å². The summed E-state index contributed by atoms with van der Waals surface area (Å²) in [5, 5.41) is 22.4. The number of carboxylic acid groups (broad SMARTS) is 2. The molecule has 4 N–H and O–H groups in total. The molecule has 2 aromatic carbocycles. The third kappa shape index (κ3) is 9.35. The molecule has 0 atom stereocenters. The number of amides is 2. The molecule has 0 aromatic heterocycles. The average molecular weight is 428 g/mol. The van der Waals surface area contributed by atoms with Crippen molar-refractivity contribution in [1.82, 2.24) is 0 Å². The SMILES string of the molecule is O=C(O)CCC(=O)Nc1cccc(OBOc2cccc(NC(=O)CCC(=O)O)c2)c1. The normalized spacial score (nSPS) is 9.94. The van der Waals surface area contributed by atoms with Gasteiger partial charge in [0.25, 0.3) is 0 Å². The minimum atomic E-state index is -1.05. The second kappa shape index (κ2) is 11.9. The Kier molecular flexibility index (Phi) is 8.90. The van der Waals surface area contributed by atoms with Gasteiger partial charge in [-0.1, -0.05) is 12.1 Å². The van der Waals surface area contributed by atoms with Crippen LogP contribution in [0.25, 0.3) is 0 Å². The van der Waals surface area contributed by atoms with Gasteiger partial charge in [0, 0.05) is 36.3 Å². The molecule has 0 saturated carbocycles. The topological polar surface area (TPSA) is 151 Å². The Balaban J connectivity index is 1.82. The Bertz CT molecular complexity index is 875. The number of rotatable bonds is 12. The molecule has 2 aromatic rings. The zero-order valence-corrected chi connectivity index (χ0v) is 16.5. The van der Waals surface area contributed by atoms with Gasteiger partial charge >= 0.3 is 19.6 Å². The van der Waals surface area contributed by atoms with Gasteiger partial charge in [0.2, 0.25) is 11.8 Å². The summed E-state index contributed by atoms with van der Waals surface area (Å²) in [6, 6.07) is 13.1. The van der Waals surface area contributed by atoms with Crippen LogP contribution in [0, 0.1) is 0 Å². The monoisotopic (exact) mass is 428 g/mol. The summed E-state index contributed by atoms with van der Waals surface area (Å²) in [4.78, 5) is 44.5. The van der Waals surface area contributed by atoms with Crippen molar-refractivity contribution in [3.63, 3.8) is 0 Å². The standard InChI is InChI=1S/C20H21BN2O8/c24-17(7-9-19(26)27)22-13-3-1-5-15(11-13)30-21-31-16-6-2-4-14(12-16)23-18(25)8-10-20(28)29/h1-6,11-12,21H,7-10H2,(H,22,24)(H,23,25)(H,26,27)(H,28,29). The van der Waals surface area contributed by atoms with Crippen LogP contribution in [0.1, 0.15) is 25.7 Å². The Labute approximate surface area is 178 Å². The van der Waals surface area contributed by atoms with E-state index in [0.717, 1.165) is 0 Å². The zero-order chi connectivity index (χ0) is 22.6. The van der Waals surface area contributed by atoms with E-state index < -0.39 is 23.8 Å². The summed E-state index contributed by atoms with van der Waals surface area (Å²) in [5.74, 6) is -2.08. The van der Waals surface area contributed by atoms with Crippen LogP contribution in [0.2, 0.25) is 0 Å². The van der Waals surface area contributed by atoms with E-state index in [-0.39, 0.29) is 33.4 Å². The van der Waals surface area contributed by atoms with Crippen LogP contribution in [0.5, 0.6) is 11.5 Å². The molecule has 0 aliphatic carbocycles. The zero-order valence-electron chi connectivity index (χ0n) is 16.5. The molecule has 0 radical (unpaired) electrons. The highest BCUT2D eigenvalue weighted by molar-refractivity contribution is 6.20. The van der Waals surface area contributed by atoms with Crippen molar-refractivity contribution in [3.05, 3.63) is 48.5 Å². The number of anilines is 2. The third-order valence-corrected chi connectivity index (χ3v) is 3.82. The maximum absolute atomic E-state index is 11.7. The maximum atomic E-state index is 11.7. The van der Waals surface area contributed by atoms with Crippen LogP contribution < -0.4 is 19.9 Å². The van der Waals surface area contributed by atoms with E-state index in [9.17, 15) is 19.2 Å². The Morgan fingerprint density at radius 3 is 1.52 bits per heavy atom. The van der Waals surface area contributed by atoms with Gasteiger partial charge < -0.3 is 30.2 Å². The maximum Gasteiger partial charge on any atom is 0.576 e. The van der Waals surface area contributed by atoms with Gasteiger partial charge in [-0.15, -0.1) is 0 Å². The predicted octanol–water partition coefficient (Wildman–Crippen LogP) is 2.02. The molecule has 2 rings (SSSR count). The van der Waals surface area contributed by atoms with Gasteiger partial charge in [0.1, 0.15) is 11.5 Å². The van der Waals surface area contributed by atoms with Gasteiger partial charge in [-0.3, -0.25) is 19.2 Å². The molecule has 0 fully saturated rings. The molecule has 0 aliphatic heterocycles. The molecule has 11 heteroatoms. The van der Waals surface area contributed by atoms with Crippen LogP contribution in [-0.4, -0.2) is 41.7 Å². The van der Waals surface area contributed by atoms with E-state index in [0.29, 0.717) is 22.9 Å². The summed E-state index contributed by atoms with van der Waals surface area (Å²) >= 11 is 0. The van der Waals surface area contributed by atoms with Gasteiger partial charge in [0.05, 0.1) is 12.8 Å². The lowest BCUT2D eigenvalue weighted by atomic mass is 10.2. The quantitative estimate of drug-likeness (QED) is 0.375. The summed E-state index contributed by atoms with van der Waals surface area (Å²) in [6.07, 6.45) is -0.774. The number of aliphatic carboxylic acids is 2. The minimum absolute atomic E-state index is 0.132. The van der Waals surface area contributed by atoms with Crippen molar-refractivity contribution in [2.75, 3.05) is 10.6 Å². The first-order valence-electron chi connectivity index (χ1n) is 9.31. The second-order valence-corrected chi connectivity index (χ2v) is 6.35. The average Bonchev–Trinajstić information content (AvgIpc) is 2.71. The highest BCUT2D eigenvalue weighted by Crippen LogP contribution is 2.20. The van der Waals surface area contributed by atoms with Crippen molar-refractivity contribution in [3.8, 4) is 11.5 Å². The molecular weight excluding hydrogens is 407 g/mol. The number of nitrogens with one attached hydrogen (secondary N) is 2. The predicted molar refractivity (Wildman–Crippen MR) is 112 cm³/mol. The van der Waals surface area contributed by atoms with Crippen LogP contribution in [-0.2, 0) is 19.2 Å². The van der Waals surface area contributed by atoms with Crippen LogP contribution >= 0.6 is 0 Å². The van der Waals surface area contributed by atoms with E-state index in [1.807, 2.05) is 0 Å². The molecule has 0 heterocycles. The summed E-state index contributed by atoms with van der Waals surface area (Å²) < 4.78 is 11.0. The molecule has 0 aliphatic rings. The van der Waals surface area contributed by atoms with E-state index in [4.69, 9.17) is 19.5 Å². The molecule has 162 valence electrons. The van der Waals surface area contributed by atoms with E-state index >= 15 is 0 Å². The number of carboxylic acids is 2. The molecule has 10 nitrogen and oxygen atoms in total. The minimum Gasteiger partial charge on any atom is -0.528 e. The molecule has 0 saturated heterocycles. The number of hydrogen-bond donors (Lipinski definition) is 4. The number of carbonyl (C=O) groups excluding carboxylic acids is 2. The van der Waals surface area contributed by atoms with Crippen molar-refractivity contribution >= 4 is 42.8 Å². The molecular formula is C20H21BN2O8. The van der Waals surface area contributed by atoms with Crippen LogP contribution in [0.3, 0.4) is 0 Å². The largest absolute Gasteiger partial charge is 0.576 e. The summed E-state index contributed by atoms with van der Waals surface area (Å²) in [6.45, 7) is 0. The van der Waals surface area contributed by atoms with Crippen molar-refractivity contribution in [2.45, 2.75) is 25.7 Å². The molecule has 0 unspecified atom stereocenters. The van der Waals surface area contributed by atoms with Gasteiger partial charge in [0.15, 0.2) is 0 Å². The summed E-state index contributed by atoms with van der Waals surface area (Å²) in [7, 11) is -0.146. The fraction of sp³-hybridized carbons (Fsp3) is 0.200. The van der Waals surface area contributed by atoms with Crippen molar-refractivity contribution < 1.29 is 38.7 Å². The van der Waals surface area contributed by atoms with Crippen molar-refractivity contribution in [1.29, 1.82) is 0 Å². The first kappa shape index (κ1) is 23.3. The molecule has 2 amide bonds. The van der Waals surface area contributed by atoms with Crippen LogP contribution in [0.15, 0.2) is 48.5 Å². The Hall–Kier alpha value is -4.02. The van der Waals surface area contributed by atoms with Gasteiger partial charge in [-0.2, -0.15) is 0 Å². The lowest BCUT2D eigenvalue weighted by Gasteiger charge is -2.11. The highest BCUT2D eigenvalue weighted by atomic mass is 16.6. The van der Waals surface area contributed by atoms with Crippen molar-refractivity contribution in [2.24, 2.45) is 0 Å². The smallest absolute Gasteiger partial charge is 0.528 e. The lowest BCUT2D eigenvalue weighted by Crippen LogP contribution is -2.14. The number of hydrogen-bond acceptors (Lipinski definition) is 6. The van der Waals surface area contributed by atoms with E-state index in [1.165, 1.54) is 0 Å². The first-order valence-corrected chi connectivity index (χ1v) is 9.31. The van der Waals surface area contributed by atoms with E-state index in [2.05, 4.69) is 10.6 Å². The molecule has 0 bridgehead atoms. The van der Waals surface area contributed by atoms with Gasteiger partial charge in [-0.05, 0) is 24.3 Å². The lowest BCUT2D eigenvalue weighted by molar-refractivity contribution is -0.138. The number of benzene rings is 2. The highest BCUT2D eigenvalue weighted by Gasteiger charge is 2.08. The van der Waals surface area contributed by atoms with Crippen LogP contribution in [0.4, 0.5) is 11.4 Å². The number of carbonyl (C=O) groups is 4. The van der Waals surface area contributed by atoms with E-state index in [1.54, 1.807) is 48.5 Å². The fourth-order valence-corrected chi connectivity index (χ4v) is 2.38. The molecule has 31 heavy (non-hydrogen) atoms. The Morgan fingerprint density at radius 2 is 1.13 bits per heavy atom. The Morgan fingerprint density at radius 1 is 0.710 bits per heavy atom. The second-order valence-electron chi connectivity index (χ2n) is 6.35. The fourth-order valence-electron chi connectivity index (χ4n) is 2.38. The first-order chi connectivity index (χ1) is 14.8. The third-order valence-electron chi connectivity index (χ3n) is 3.82. The molecule has 0 spiro atoms. The summed E-state index contributed by atoms with van der Waals surface area (Å²) in [5.41, 5.74) is 0.915.